The van der Waals surface area contributed by atoms with Gasteiger partial charge in [-0.15, -0.1) is 0 Å². The van der Waals surface area contributed by atoms with Gasteiger partial charge in [0, 0.05) is 11.1 Å². The largest absolute Gasteiger partial charge is 0.495 e. The third-order valence-electron chi connectivity index (χ3n) is 3.97. The molecule has 0 fully saturated rings. The van der Waals surface area contributed by atoms with Gasteiger partial charge in [-0.3, -0.25) is 0 Å². The van der Waals surface area contributed by atoms with Crippen LogP contribution in [-0.2, 0) is 0 Å². The molecule has 1 unspecified atom stereocenters. The van der Waals surface area contributed by atoms with Crippen molar-refractivity contribution in [3.63, 3.8) is 0 Å². The minimum atomic E-state index is -0.0734. The summed E-state index contributed by atoms with van der Waals surface area (Å²) < 4.78 is 11.8. The molecule has 4 nitrogen and oxygen atoms in total. The molecule has 0 aliphatic rings. The number of benzene rings is 1. The van der Waals surface area contributed by atoms with E-state index >= 15 is 0 Å². The maximum Gasteiger partial charge on any atom is 0.141 e. The van der Waals surface area contributed by atoms with Crippen LogP contribution < -0.4 is 14.8 Å². The van der Waals surface area contributed by atoms with Crippen molar-refractivity contribution in [2.24, 2.45) is 0 Å². The second kappa shape index (κ2) is 6.78. The molecule has 1 aromatic carbocycles. The Morgan fingerprint density at radius 3 is 2.20 bits per heavy atom. The van der Waals surface area contributed by atoms with Gasteiger partial charge in [0.2, 0.25) is 0 Å². The second-order valence-corrected chi connectivity index (χ2v) is 6.27. The lowest BCUT2D eigenvalue weighted by atomic mass is 9.87. The van der Waals surface area contributed by atoms with Crippen LogP contribution in [0.1, 0.15) is 25.5 Å². The molecule has 0 radical (unpaired) electrons. The van der Waals surface area contributed by atoms with Gasteiger partial charge in [-0.1, -0.05) is 0 Å². The van der Waals surface area contributed by atoms with Crippen molar-refractivity contribution in [3.05, 3.63) is 22.2 Å². The Morgan fingerprint density at radius 2 is 1.80 bits per heavy atom. The van der Waals surface area contributed by atoms with E-state index in [0.717, 1.165) is 21.5 Å². The number of hydrogen-bond donors (Lipinski definition) is 1. The average Bonchev–Trinajstić information content (AvgIpc) is 2.39. The monoisotopic (exact) mass is 344 g/mol. The van der Waals surface area contributed by atoms with Crippen LogP contribution in [0.5, 0.6) is 11.5 Å². The lowest BCUT2D eigenvalue weighted by Crippen LogP contribution is -2.48. The Hall–Kier alpha value is -0.780. The summed E-state index contributed by atoms with van der Waals surface area (Å²) in [6.45, 7) is 4.40. The highest BCUT2D eigenvalue weighted by Crippen LogP contribution is 2.42. The molecule has 0 spiro atoms. The van der Waals surface area contributed by atoms with E-state index in [-0.39, 0.29) is 11.6 Å². The summed E-state index contributed by atoms with van der Waals surface area (Å²) in [4.78, 5) is 2.20. The molecule has 20 heavy (non-hydrogen) atoms. The summed E-state index contributed by atoms with van der Waals surface area (Å²) in [5.74, 6) is 1.57. The second-order valence-electron chi connectivity index (χ2n) is 5.47. The van der Waals surface area contributed by atoms with Gasteiger partial charge in [0.25, 0.3) is 0 Å². The molecule has 0 bridgehead atoms. The number of likely N-dealkylation sites (N-methyl/N-ethyl adjacent to an activating group) is 2. The van der Waals surface area contributed by atoms with Gasteiger partial charge in [0.15, 0.2) is 0 Å². The van der Waals surface area contributed by atoms with Gasteiger partial charge in [-0.2, -0.15) is 0 Å². The van der Waals surface area contributed by atoms with E-state index in [2.05, 4.69) is 60.2 Å². The molecule has 1 aromatic rings. The first-order valence-electron chi connectivity index (χ1n) is 6.56. The predicted octanol–water partition coefficient (Wildman–Crippen LogP) is 3.07. The fourth-order valence-electron chi connectivity index (χ4n) is 2.29. The summed E-state index contributed by atoms with van der Waals surface area (Å²) in [7, 11) is 9.45. The molecule has 0 saturated carbocycles. The molecule has 0 saturated heterocycles. The van der Waals surface area contributed by atoms with Crippen LogP contribution in [0.2, 0.25) is 0 Å². The van der Waals surface area contributed by atoms with Crippen LogP contribution in [0.3, 0.4) is 0 Å². The smallest absolute Gasteiger partial charge is 0.141 e. The number of nitrogens with zero attached hydrogens (tertiary/aromatic N) is 1. The maximum absolute atomic E-state index is 5.59. The first-order chi connectivity index (χ1) is 9.31. The standard InChI is InChI=1S/C15H25BrN2O2/c1-15(2,18(4)5)14(17-3)10-8-9-11(19-6)12(16)13(10)20-7/h8-9,14,17H,1-7H3. The van der Waals surface area contributed by atoms with Crippen molar-refractivity contribution < 1.29 is 9.47 Å². The number of hydrogen-bond acceptors (Lipinski definition) is 4. The quantitative estimate of drug-likeness (QED) is 0.859. The van der Waals surface area contributed by atoms with Gasteiger partial charge >= 0.3 is 0 Å². The van der Waals surface area contributed by atoms with Crippen molar-refractivity contribution in [3.8, 4) is 11.5 Å². The van der Waals surface area contributed by atoms with Crippen molar-refractivity contribution in [2.45, 2.75) is 25.4 Å². The number of halogens is 1. The minimum Gasteiger partial charge on any atom is -0.495 e. The molecule has 1 atom stereocenters. The molecule has 5 heteroatoms. The Labute approximate surface area is 130 Å². The van der Waals surface area contributed by atoms with Crippen molar-refractivity contribution in [1.29, 1.82) is 0 Å². The molecule has 1 N–H and O–H groups in total. The minimum absolute atomic E-state index is 0.0734. The summed E-state index contributed by atoms with van der Waals surface area (Å²) in [6, 6.07) is 4.13. The molecule has 0 aromatic heterocycles. The van der Waals surface area contributed by atoms with E-state index in [1.807, 2.05) is 13.1 Å². The lowest BCUT2D eigenvalue weighted by Gasteiger charge is -2.40. The van der Waals surface area contributed by atoms with Gasteiger partial charge in [-0.25, -0.2) is 0 Å². The predicted molar refractivity (Wildman–Crippen MR) is 86.8 cm³/mol. The van der Waals surface area contributed by atoms with E-state index in [1.54, 1.807) is 14.2 Å². The molecular formula is C15H25BrN2O2. The highest BCUT2D eigenvalue weighted by Gasteiger charge is 2.34. The number of nitrogens with one attached hydrogen (secondary N) is 1. The summed E-state index contributed by atoms with van der Waals surface area (Å²) in [6.07, 6.45) is 0. The van der Waals surface area contributed by atoms with Crippen LogP contribution >= 0.6 is 15.9 Å². The molecular weight excluding hydrogens is 320 g/mol. The first kappa shape index (κ1) is 17.3. The zero-order valence-corrected chi connectivity index (χ0v) is 15.0. The maximum atomic E-state index is 5.59. The van der Waals surface area contributed by atoms with Gasteiger partial charge < -0.3 is 19.7 Å². The fraction of sp³-hybridized carbons (Fsp3) is 0.600. The lowest BCUT2D eigenvalue weighted by molar-refractivity contribution is 0.140. The number of methoxy groups -OCH3 is 2. The van der Waals surface area contributed by atoms with E-state index in [9.17, 15) is 0 Å². The molecule has 0 heterocycles. The van der Waals surface area contributed by atoms with Crippen LogP contribution in [0.25, 0.3) is 0 Å². The highest BCUT2D eigenvalue weighted by molar-refractivity contribution is 9.10. The van der Waals surface area contributed by atoms with Crippen LogP contribution in [0.4, 0.5) is 0 Å². The number of ether oxygens (including phenoxy) is 2. The average molecular weight is 345 g/mol. The first-order valence-corrected chi connectivity index (χ1v) is 7.35. The summed E-state index contributed by atoms with van der Waals surface area (Å²) in [5.41, 5.74) is 1.03. The molecule has 0 amide bonds. The Morgan fingerprint density at radius 1 is 1.20 bits per heavy atom. The summed E-state index contributed by atoms with van der Waals surface area (Å²) in [5, 5.41) is 3.40. The molecule has 0 aliphatic carbocycles. The Kier molecular flexibility index (Phi) is 5.86. The third kappa shape index (κ3) is 3.10. The molecule has 1 rings (SSSR count). The Balaban J connectivity index is 3.40. The van der Waals surface area contributed by atoms with Gasteiger partial charge in [0.1, 0.15) is 16.0 Å². The molecule has 0 aliphatic heterocycles. The Bertz CT molecular complexity index is 461. The van der Waals surface area contributed by atoms with E-state index < -0.39 is 0 Å². The van der Waals surface area contributed by atoms with Gasteiger partial charge in [0.05, 0.1) is 20.3 Å². The van der Waals surface area contributed by atoms with E-state index in [1.165, 1.54) is 0 Å². The van der Waals surface area contributed by atoms with Crippen molar-refractivity contribution in [1.82, 2.24) is 10.2 Å². The zero-order chi connectivity index (χ0) is 15.5. The van der Waals surface area contributed by atoms with Crippen molar-refractivity contribution >= 4 is 15.9 Å². The van der Waals surface area contributed by atoms with Crippen LogP contribution in [0.15, 0.2) is 16.6 Å². The third-order valence-corrected chi connectivity index (χ3v) is 4.73. The summed E-state index contributed by atoms with van der Waals surface area (Å²) >= 11 is 3.56. The normalized spacial score (nSPS) is 13.4. The van der Waals surface area contributed by atoms with Crippen molar-refractivity contribution in [2.75, 3.05) is 35.4 Å². The van der Waals surface area contributed by atoms with E-state index in [0.29, 0.717) is 0 Å². The fourth-order valence-corrected chi connectivity index (χ4v) is 2.98. The SMILES string of the molecule is CNC(c1ccc(OC)c(Br)c1OC)C(C)(C)N(C)C. The zero-order valence-electron chi connectivity index (χ0n) is 13.4. The van der Waals surface area contributed by atoms with Gasteiger partial charge in [-0.05, 0) is 63.1 Å². The highest BCUT2D eigenvalue weighted by atomic mass is 79.9. The van der Waals surface area contributed by atoms with Crippen LogP contribution in [-0.4, -0.2) is 45.8 Å². The van der Waals surface area contributed by atoms with E-state index in [4.69, 9.17) is 9.47 Å². The van der Waals surface area contributed by atoms with Crippen LogP contribution in [0, 0.1) is 0 Å². The topological polar surface area (TPSA) is 33.7 Å². The molecule has 114 valence electrons. The number of rotatable bonds is 6.